The molecule has 0 atom stereocenters. The summed E-state index contributed by atoms with van der Waals surface area (Å²) in [6.07, 6.45) is -0.345. The summed E-state index contributed by atoms with van der Waals surface area (Å²) in [5.74, 6) is -0.0577. The number of alkyl halides is 3. The van der Waals surface area contributed by atoms with Crippen LogP contribution in [0.3, 0.4) is 0 Å². The Morgan fingerprint density at radius 1 is 1.04 bits per heavy atom. The molecule has 1 N–H and O–H groups in total. The number of hydrogen-bond acceptors (Lipinski definition) is 3. The third-order valence-electron chi connectivity index (χ3n) is 4.60. The standard InChI is InChI=1S/C19H22F3N3/c20-19(21,22)17-7-4-11-23-18(17)24-16-9-13-25(14-10-16)12-8-15-5-2-1-3-6-15/h1-7,11,16H,8-10,12-14H2,(H,23,24). The average Bonchev–Trinajstić information content (AvgIpc) is 2.62. The molecule has 134 valence electrons. The lowest BCUT2D eigenvalue weighted by Crippen LogP contribution is -2.40. The van der Waals surface area contributed by atoms with Gasteiger partial charge in [-0.05, 0) is 37.0 Å². The number of anilines is 1. The van der Waals surface area contributed by atoms with Crippen LogP contribution in [0.25, 0.3) is 0 Å². The third-order valence-corrected chi connectivity index (χ3v) is 4.60. The van der Waals surface area contributed by atoms with E-state index < -0.39 is 11.7 Å². The number of pyridine rings is 1. The van der Waals surface area contributed by atoms with Crippen molar-refractivity contribution in [2.45, 2.75) is 31.5 Å². The van der Waals surface area contributed by atoms with Crippen LogP contribution >= 0.6 is 0 Å². The minimum atomic E-state index is -4.38. The molecule has 3 nitrogen and oxygen atoms in total. The van der Waals surface area contributed by atoms with E-state index in [0.29, 0.717) is 0 Å². The van der Waals surface area contributed by atoms with Crippen molar-refractivity contribution in [2.75, 3.05) is 25.0 Å². The minimum absolute atomic E-state index is 0.0315. The SMILES string of the molecule is FC(F)(F)c1cccnc1NC1CCN(CCc2ccccc2)CC1. The van der Waals surface area contributed by atoms with Gasteiger partial charge < -0.3 is 10.2 Å². The number of likely N-dealkylation sites (tertiary alicyclic amines) is 1. The summed E-state index contributed by atoms with van der Waals surface area (Å²) in [5, 5.41) is 2.99. The number of rotatable bonds is 5. The predicted molar refractivity (Wildman–Crippen MR) is 92.5 cm³/mol. The van der Waals surface area contributed by atoms with Gasteiger partial charge in [0.2, 0.25) is 0 Å². The van der Waals surface area contributed by atoms with E-state index in [1.54, 1.807) is 0 Å². The van der Waals surface area contributed by atoms with Gasteiger partial charge in [-0.1, -0.05) is 30.3 Å². The predicted octanol–water partition coefficient (Wildman–Crippen LogP) is 4.22. The largest absolute Gasteiger partial charge is 0.419 e. The molecule has 1 aliphatic rings. The summed E-state index contributed by atoms with van der Waals surface area (Å²) in [5.41, 5.74) is 0.618. The lowest BCUT2D eigenvalue weighted by Gasteiger charge is -2.33. The van der Waals surface area contributed by atoms with Gasteiger partial charge in [0.1, 0.15) is 5.82 Å². The van der Waals surface area contributed by atoms with E-state index in [9.17, 15) is 13.2 Å². The van der Waals surface area contributed by atoms with Crippen LogP contribution < -0.4 is 5.32 Å². The van der Waals surface area contributed by atoms with Gasteiger partial charge in [0, 0.05) is 31.9 Å². The Morgan fingerprint density at radius 3 is 2.44 bits per heavy atom. The van der Waals surface area contributed by atoms with Gasteiger partial charge >= 0.3 is 6.18 Å². The zero-order valence-electron chi connectivity index (χ0n) is 14.0. The number of benzene rings is 1. The lowest BCUT2D eigenvalue weighted by molar-refractivity contribution is -0.137. The number of nitrogens with zero attached hydrogens (tertiary/aromatic N) is 2. The maximum atomic E-state index is 13.0. The maximum absolute atomic E-state index is 13.0. The fourth-order valence-electron chi connectivity index (χ4n) is 3.18. The second-order valence-electron chi connectivity index (χ2n) is 6.39. The van der Waals surface area contributed by atoms with E-state index in [1.807, 2.05) is 18.2 Å². The Balaban J connectivity index is 1.50. The van der Waals surface area contributed by atoms with Crippen molar-refractivity contribution in [1.82, 2.24) is 9.88 Å². The van der Waals surface area contributed by atoms with Crippen LogP contribution in [0.1, 0.15) is 24.0 Å². The number of nitrogens with one attached hydrogen (secondary N) is 1. The molecule has 0 bridgehead atoms. The summed E-state index contributed by atoms with van der Waals surface area (Å²) in [6, 6.07) is 12.7. The minimum Gasteiger partial charge on any atom is -0.367 e. The monoisotopic (exact) mass is 349 g/mol. The van der Waals surface area contributed by atoms with Crippen LogP contribution in [-0.2, 0) is 12.6 Å². The first-order valence-electron chi connectivity index (χ1n) is 8.57. The second kappa shape index (κ2) is 7.87. The van der Waals surface area contributed by atoms with Crippen molar-refractivity contribution in [3.63, 3.8) is 0 Å². The van der Waals surface area contributed by atoms with Crippen molar-refractivity contribution in [3.8, 4) is 0 Å². The van der Waals surface area contributed by atoms with Crippen molar-refractivity contribution in [3.05, 3.63) is 59.8 Å². The van der Waals surface area contributed by atoms with Gasteiger partial charge in [0.25, 0.3) is 0 Å². The molecule has 0 unspecified atom stereocenters. The van der Waals surface area contributed by atoms with E-state index in [2.05, 4.69) is 27.3 Å². The van der Waals surface area contributed by atoms with Crippen LogP contribution in [0, 0.1) is 0 Å². The quantitative estimate of drug-likeness (QED) is 0.876. The van der Waals surface area contributed by atoms with E-state index in [0.717, 1.165) is 45.0 Å². The smallest absolute Gasteiger partial charge is 0.367 e. The molecule has 1 fully saturated rings. The molecule has 0 spiro atoms. The summed E-state index contributed by atoms with van der Waals surface area (Å²) < 4.78 is 39.1. The summed E-state index contributed by atoms with van der Waals surface area (Å²) in [6.45, 7) is 2.76. The summed E-state index contributed by atoms with van der Waals surface area (Å²) in [4.78, 5) is 6.26. The molecule has 0 aliphatic carbocycles. The summed E-state index contributed by atoms with van der Waals surface area (Å²) >= 11 is 0. The molecule has 1 aromatic heterocycles. The molecule has 2 aromatic rings. The molecular weight excluding hydrogens is 327 g/mol. The first-order chi connectivity index (χ1) is 12.0. The maximum Gasteiger partial charge on any atom is 0.419 e. The molecule has 1 aliphatic heterocycles. The summed E-state index contributed by atoms with van der Waals surface area (Å²) in [7, 11) is 0. The van der Waals surface area contributed by atoms with Crippen LogP contribution in [0.2, 0.25) is 0 Å². The first kappa shape index (κ1) is 17.7. The Morgan fingerprint density at radius 2 is 1.76 bits per heavy atom. The lowest BCUT2D eigenvalue weighted by atomic mass is 10.0. The number of hydrogen-bond donors (Lipinski definition) is 1. The molecular formula is C19H22F3N3. The number of piperidine rings is 1. The van der Waals surface area contributed by atoms with Gasteiger partial charge in [-0.2, -0.15) is 13.2 Å². The normalized spacial score (nSPS) is 16.8. The molecule has 1 saturated heterocycles. The van der Waals surface area contributed by atoms with Crippen molar-refractivity contribution in [1.29, 1.82) is 0 Å². The van der Waals surface area contributed by atoms with E-state index in [1.165, 1.54) is 17.8 Å². The van der Waals surface area contributed by atoms with E-state index >= 15 is 0 Å². The van der Waals surface area contributed by atoms with Gasteiger partial charge in [-0.3, -0.25) is 0 Å². The molecule has 2 heterocycles. The zero-order valence-corrected chi connectivity index (χ0v) is 14.0. The van der Waals surface area contributed by atoms with E-state index in [-0.39, 0.29) is 11.9 Å². The van der Waals surface area contributed by atoms with Gasteiger partial charge in [-0.25, -0.2) is 4.98 Å². The molecule has 0 radical (unpaired) electrons. The Hall–Kier alpha value is -2.08. The fourth-order valence-corrected chi connectivity index (χ4v) is 3.18. The van der Waals surface area contributed by atoms with Crippen LogP contribution in [0.4, 0.5) is 19.0 Å². The zero-order chi connectivity index (χ0) is 17.7. The van der Waals surface area contributed by atoms with Gasteiger partial charge in [-0.15, -0.1) is 0 Å². The topological polar surface area (TPSA) is 28.2 Å². The Labute approximate surface area is 145 Å². The van der Waals surface area contributed by atoms with Crippen LogP contribution in [-0.4, -0.2) is 35.6 Å². The molecule has 25 heavy (non-hydrogen) atoms. The highest BCUT2D eigenvalue weighted by molar-refractivity contribution is 5.46. The molecule has 0 amide bonds. The third kappa shape index (κ3) is 4.95. The Kier molecular flexibility index (Phi) is 5.58. The van der Waals surface area contributed by atoms with Crippen molar-refractivity contribution < 1.29 is 13.2 Å². The molecule has 6 heteroatoms. The highest BCUT2D eigenvalue weighted by atomic mass is 19.4. The number of aromatic nitrogens is 1. The van der Waals surface area contributed by atoms with Crippen LogP contribution in [0.15, 0.2) is 48.7 Å². The van der Waals surface area contributed by atoms with Crippen LogP contribution in [0.5, 0.6) is 0 Å². The number of halogens is 3. The van der Waals surface area contributed by atoms with Gasteiger partial charge in [0.05, 0.1) is 5.56 Å². The molecule has 1 aromatic carbocycles. The first-order valence-corrected chi connectivity index (χ1v) is 8.57. The average molecular weight is 349 g/mol. The second-order valence-corrected chi connectivity index (χ2v) is 6.39. The highest BCUT2D eigenvalue weighted by Crippen LogP contribution is 2.34. The fraction of sp³-hybridized carbons (Fsp3) is 0.421. The van der Waals surface area contributed by atoms with Crippen molar-refractivity contribution in [2.24, 2.45) is 0 Å². The Bertz CT molecular complexity index is 665. The van der Waals surface area contributed by atoms with E-state index in [4.69, 9.17) is 0 Å². The molecule has 0 saturated carbocycles. The highest BCUT2D eigenvalue weighted by Gasteiger charge is 2.34. The van der Waals surface area contributed by atoms with Gasteiger partial charge in [0.15, 0.2) is 0 Å². The van der Waals surface area contributed by atoms with Crippen molar-refractivity contribution >= 4 is 5.82 Å². The molecule has 3 rings (SSSR count).